The topological polar surface area (TPSA) is 76.9 Å². The zero-order valence-corrected chi connectivity index (χ0v) is 15.6. The first-order chi connectivity index (χ1) is 13.8. The average Bonchev–Trinajstić information content (AvgIpc) is 3.34. The van der Waals surface area contributed by atoms with E-state index in [0.29, 0.717) is 6.61 Å². The Bertz CT molecular complexity index is 1100. The van der Waals surface area contributed by atoms with Gasteiger partial charge in [-0.1, -0.05) is 12.1 Å². The third-order valence-corrected chi connectivity index (χ3v) is 5.01. The van der Waals surface area contributed by atoms with Gasteiger partial charge in [-0.05, 0) is 17.7 Å². The molecule has 4 heterocycles. The van der Waals surface area contributed by atoms with Crippen molar-refractivity contribution >= 4 is 22.2 Å². The van der Waals surface area contributed by atoms with E-state index in [-0.39, 0.29) is 0 Å². The predicted molar refractivity (Wildman–Crippen MR) is 105 cm³/mol. The second-order valence-corrected chi connectivity index (χ2v) is 6.72. The van der Waals surface area contributed by atoms with Gasteiger partial charge in [-0.2, -0.15) is 5.10 Å². The molecular weight excluding hydrogens is 358 g/mol. The Labute approximate surface area is 161 Å². The van der Waals surface area contributed by atoms with E-state index < -0.39 is 0 Å². The van der Waals surface area contributed by atoms with Crippen LogP contribution < -0.4 is 14.4 Å². The molecule has 1 N–H and O–H groups in total. The number of anilines is 1. The highest BCUT2D eigenvalue weighted by Crippen LogP contribution is 2.32. The molecule has 0 spiro atoms. The van der Waals surface area contributed by atoms with Crippen molar-refractivity contribution in [2.75, 3.05) is 38.3 Å². The molecule has 5 rings (SSSR count). The van der Waals surface area contributed by atoms with Crippen LogP contribution in [0.25, 0.3) is 16.6 Å². The molecule has 0 amide bonds. The summed E-state index contributed by atoms with van der Waals surface area (Å²) in [4.78, 5) is 2.29. The van der Waals surface area contributed by atoms with Gasteiger partial charge >= 0.3 is 0 Å². The lowest BCUT2D eigenvalue weighted by molar-refractivity contribution is 0.122. The van der Waals surface area contributed by atoms with Gasteiger partial charge in [0.15, 0.2) is 5.65 Å². The van der Waals surface area contributed by atoms with Crippen molar-refractivity contribution in [1.82, 2.24) is 19.8 Å². The zero-order valence-electron chi connectivity index (χ0n) is 15.6. The number of benzene rings is 1. The van der Waals surface area contributed by atoms with Gasteiger partial charge in [0, 0.05) is 19.2 Å². The summed E-state index contributed by atoms with van der Waals surface area (Å²) in [5.41, 5.74) is 3.79. The molecule has 1 saturated heterocycles. The number of nitrogens with zero attached hydrogens (tertiary/aromatic N) is 4. The van der Waals surface area contributed by atoms with Crippen LogP contribution in [0.15, 0.2) is 42.7 Å². The van der Waals surface area contributed by atoms with E-state index in [1.807, 2.05) is 35.0 Å². The van der Waals surface area contributed by atoms with Crippen LogP contribution in [0.4, 0.5) is 5.69 Å². The Balaban J connectivity index is 1.51. The van der Waals surface area contributed by atoms with Crippen molar-refractivity contribution in [3.8, 4) is 11.5 Å². The summed E-state index contributed by atoms with van der Waals surface area (Å²) >= 11 is 0. The number of aromatic nitrogens is 4. The van der Waals surface area contributed by atoms with E-state index in [9.17, 15) is 0 Å². The highest BCUT2D eigenvalue weighted by Gasteiger charge is 2.18. The molecule has 28 heavy (non-hydrogen) atoms. The van der Waals surface area contributed by atoms with Crippen LogP contribution in [0, 0.1) is 0 Å². The maximum atomic E-state index is 6.24. The maximum absolute atomic E-state index is 6.24. The fraction of sp³-hybridized carbons (Fsp3) is 0.300. The summed E-state index contributed by atoms with van der Waals surface area (Å²) in [5.74, 6) is 1.61. The fourth-order valence-electron chi connectivity index (χ4n) is 3.50. The van der Waals surface area contributed by atoms with Gasteiger partial charge in [-0.15, -0.1) is 5.10 Å². The fourth-order valence-corrected chi connectivity index (χ4v) is 3.50. The van der Waals surface area contributed by atoms with E-state index in [2.05, 4.69) is 26.3 Å². The number of rotatable bonds is 5. The highest BCUT2D eigenvalue weighted by molar-refractivity contribution is 5.95. The third kappa shape index (κ3) is 3.01. The lowest BCUT2D eigenvalue weighted by Gasteiger charge is -2.29. The van der Waals surface area contributed by atoms with Crippen molar-refractivity contribution in [1.29, 1.82) is 0 Å². The van der Waals surface area contributed by atoms with Gasteiger partial charge in [0.1, 0.15) is 23.6 Å². The molecule has 3 aromatic heterocycles. The van der Waals surface area contributed by atoms with Crippen molar-refractivity contribution in [2.45, 2.75) is 6.61 Å². The molecular formula is C20H21N5O3. The van der Waals surface area contributed by atoms with Crippen LogP contribution in [0.2, 0.25) is 0 Å². The summed E-state index contributed by atoms with van der Waals surface area (Å²) in [5, 5.41) is 12.6. The van der Waals surface area contributed by atoms with E-state index in [1.54, 1.807) is 13.3 Å². The summed E-state index contributed by atoms with van der Waals surface area (Å²) in [6.45, 7) is 3.61. The molecule has 0 aliphatic carbocycles. The Morgan fingerprint density at radius 2 is 2.00 bits per heavy atom. The number of nitrogens with one attached hydrogen (secondary N) is 1. The van der Waals surface area contributed by atoms with Gasteiger partial charge in [0.2, 0.25) is 0 Å². The van der Waals surface area contributed by atoms with Crippen LogP contribution in [-0.4, -0.2) is 53.2 Å². The molecule has 4 aromatic rings. The van der Waals surface area contributed by atoms with Gasteiger partial charge in [0.05, 0.1) is 43.8 Å². The van der Waals surface area contributed by atoms with E-state index >= 15 is 0 Å². The first kappa shape index (κ1) is 16.9. The Kier molecular flexibility index (Phi) is 4.25. The number of fused-ring (bicyclic) bond motifs is 3. The minimum atomic E-state index is 0.455. The van der Waals surface area contributed by atoms with Crippen LogP contribution >= 0.6 is 0 Å². The number of pyridine rings is 1. The largest absolute Gasteiger partial charge is 0.497 e. The first-order valence-electron chi connectivity index (χ1n) is 9.26. The van der Waals surface area contributed by atoms with Gasteiger partial charge in [-0.3, -0.25) is 5.10 Å². The first-order valence-corrected chi connectivity index (χ1v) is 9.26. The van der Waals surface area contributed by atoms with Crippen molar-refractivity contribution in [3.63, 3.8) is 0 Å². The standard InChI is InChI=1S/C20H21N5O3/c1-26-16-4-2-14(3-5-16)13-28-18-10-15(24-6-8-27-9-7-24)12-25-19(18)17-11-21-22-20(17)23-25/h2-5,10-12H,6-9,13H2,1H3,(H,22,23). The lowest BCUT2D eigenvalue weighted by atomic mass is 10.2. The molecule has 144 valence electrons. The zero-order chi connectivity index (χ0) is 18.9. The molecule has 1 aliphatic rings. The van der Waals surface area contributed by atoms with Crippen molar-refractivity contribution in [3.05, 3.63) is 48.3 Å². The van der Waals surface area contributed by atoms with Gasteiger partial charge in [0.25, 0.3) is 0 Å². The highest BCUT2D eigenvalue weighted by atomic mass is 16.5. The average molecular weight is 379 g/mol. The van der Waals surface area contributed by atoms with E-state index in [0.717, 1.165) is 65.6 Å². The lowest BCUT2D eigenvalue weighted by Crippen LogP contribution is -2.36. The Morgan fingerprint density at radius 1 is 1.18 bits per heavy atom. The van der Waals surface area contributed by atoms with Gasteiger partial charge in [-0.25, -0.2) is 4.52 Å². The van der Waals surface area contributed by atoms with Crippen LogP contribution in [0.1, 0.15) is 5.56 Å². The number of H-pyrrole nitrogens is 1. The Hall–Kier alpha value is -3.26. The van der Waals surface area contributed by atoms with Crippen LogP contribution in [0.5, 0.6) is 11.5 Å². The summed E-state index contributed by atoms with van der Waals surface area (Å²) < 4.78 is 18.8. The van der Waals surface area contributed by atoms with Crippen molar-refractivity contribution < 1.29 is 14.2 Å². The van der Waals surface area contributed by atoms with E-state index in [1.165, 1.54) is 0 Å². The minimum absolute atomic E-state index is 0.455. The number of hydrogen-bond acceptors (Lipinski definition) is 6. The summed E-state index contributed by atoms with van der Waals surface area (Å²) in [6.07, 6.45) is 3.82. The number of methoxy groups -OCH3 is 1. The van der Waals surface area contributed by atoms with Crippen LogP contribution in [-0.2, 0) is 11.3 Å². The Morgan fingerprint density at radius 3 is 2.79 bits per heavy atom. The molecule has 0 saturated carbocycles. The normalized spacial score (nSPS) is 14.7. The van der Waals surface area contributed by atoms with Gasteiger partial charge < -0.3 is 19.1 Å². The second-order valence-electron chi connectivity index (χ2n) is 6.72. The predicted octanol–water partition coefficient (Wildman–Crippen LogP) is 2.63. The molecule has 8 nitrogen and oxygen atoms in total. The third-order valence-electron chi connectivity index (χ3n) is 5.01. The molecule has 8 heteroatoms. The quantitative estimate of drug-likeness (QED) is 0.574. The molecule has 0 atom stereocenters. The molecule has 1 fully saturated rings. The number of hydrogen-bond donors (Lipinski definition) is 1. The van der Waals surface area contributed by atoms with Crippen LogP contribution in [0.3, 0.4) is 0 Å². The minimum Gasteiger partial charge on any atom is -0.497 e. The molecule has 0 unspecified atom stereocenters. The molecule has 0 bridgehead atoms. The van der Waals surface area contributed by atoms with Crippen molar-refractivity contribution in [2.24, 2.45) is 0 Å². The number of aromatic amines is 1. The molecule has 1 aliphatic heterocycles. The molecule has 1 aromatic carbocycles. The maximum Gasteiger partial charge on any atom is 0.178 e. The number of morpholine rings is 1. The summed E-state index contributed by atoms with van der Waals surface area (Å²) in [7, 11) is 1.66. The monoisotopic (exact) mass is 379 g/mol. The summed E-state index contributed by atoms with van der Waals surface area (Å²) in [6, 6.07) is 9.97. The second kappa shape index (κ2) is 7.05. The smallest absolute Gasteiger partial charge is 0.178 e. The SMILES string of the molecule is COc1ccc(COc2cc(N3CCOCC3)cn3nc4[nH]ncc4c23)cc1. The van der Waals surface area contributed by atoms with E-state index in [4.69, 9.17) is 14.2 Å². The number of ether oxygens (including phenoxy) is 3. The molecule has 0 radical (unpaired) electrons.